The van der Waals surface area contributed by atoms with Gasteiger partial charge in [-0.15, -0.1) is 0 Å². The van der Waals surface area contributed by atoms with Crippen LogP contribution < -0.4 is 5.32 Å². The largest absolute Gasteiger partial charge is 0.506 e. The minimum Gasteiger partial charge on any atom is -0.506 e. The molecule has 0 radical (unpaired) electrons. The Bertz CT molecular complexity index is 640. The first-order valence-corrected chi connectivity index (χ1v) is 7.55. The summed E-state index contributed by atoms with van der Waals surface area (Å²) in [7, 11) is 0. The molecule has 2 N–H and O–H groups in total. The maximum Gasteiger partial charge on any atom is 0.288 e. The van der Waals surface area contributed by atoms with E-state index in [0.717, 1.165) is 0 Å². The molecule has 0 fully saturated rings. The zero-order valence-corrected chi connectivity index (χ0v) is 12.9. The van der Waals surface area contributed by atoms with Gasteiger partial charge in [0.05, 0.1) is 5.02 Å². The van der Waals surface area contributed by atoms with E-state index in [1.54, 1.807) is 30.3 Å². The van der Waals surface area contributed by atoms with Gasteiger partial charge >= 0.3 is 0 Å². The monoisotopic (exact) mass is 349 g/mol. The summed E-state index contributed by atoms with van der Waals surface area (Å²) in [5.74, 6) is -2.57. The summed E-state index contributed by atoms with van der Waals surface area (Å²) in [6.07, 6.45) is 0. The maximum absolute atomic E-state index is 12.5. The molecular weight excluding hydrogens is 339 g/mol. The predicted octanol–water partition coefficient (Wildman–Crippen LogP) is 5.63. The highest BCUT2D eigenvalue weighted by atomic mass is 35.5. The standard InChI is InChI=1S/C14H11Cl2F2NOS/c15-9-5-8(13(20)10(16)6-9)7-19-11-3-1-2-4-12(11)21-14(17)18/h1-6,14,19-20H,7H2. The van der Waals surface area contributed by atoms with Crippen LogP contribution in [0.2, 0.25) is 10.0 Å². The lowest BCUT2D eigenvalue weighted by Crippen LogP contribution is -2.01. The van der Waals surface area contributed by atoms with Crippen LogP contribution >= 0.6 is 35.0 Å². The average molecular weight is 350 g/mol. The van der Waals surface area contributed by atoms with E-state index < -0.39 is 5.76 Å². The van der Waals surface area contributed by atoms with Gasteiger partial charge in [0.15, 0.2) is 0 Å². The SMILES string of the molecule is Oc1c(Cl)cc(Cl)cc1CNc1ccccc1SC(F)F. The number of rotatable bonds is 5. The molecule has 0 aliphatic heterocycles. The number of thioether (sulfide) groups is 1. The molecular formula is C14H11Cl2F2NOS. The Kier molecular flexibility index (Phi) is 5.56. The van der Waals surface area contributed by atoms with Crippen molar-refractivity contribution in [2.75, 3.05) is 5.32 Å². The number of benzene rings is 2. The van der Waals surface area contributed by atoms with E-state index in [2.05, 4.69) is 5.32 Å². The molecule has 112 valence electrons. The molecule has 0 saturated heterocycles. The van der Waals surface area contributed by atoms with E-state index in [4.69, 9.17) is 23.2 Å². The van der Waals surface area contributed by atoms with Crippen LogP contribution in [0.3, 0.4) is 0 Å². The van der Waals surface area contributed by atoms with E-state index in [1.165, 1.54) is 6.07 Å². The Morgan fingerprint density at radius 3 is 2.62 bits per heavy atom. The second kappa shape index (κ2) is 7.20. The van der Waals surface area contributed by atoms with Crippen molar-refractivity contribution in [2.24, 2.45) is 0 Å². The minimum absolute atomic E-state index is 0.0763. The number of alkyl halides is 2. The number of phenols is 1. The summed E-state index contributed by atoms with van der Waals surface area (Å²) >= 11 is 12.2. The molecule has 2 aromatic rings. The Hall–Kier alpha value is -1.17. The van der Waals surface area contributed by atoms with Crippen molar-refractivity contribution in [3.05, 3.63) is 52.0 Å². The predicted molar refractivity (Wildman–Crippen MR) is 83.8 cm³/mol. The van der Waals surface area contributed by atoms with E-state index in [0.29, 0.717) is 32.9 Å². The van der Waals surface area contributed by atoms with Crippen molar-refractivity contribution in [3.63, 3.8) is 0 Å². The lowest BCUT2D eigenvalue weighted by molar-refractivity contribution is 0.252. The summed E-state index contributed by atoms with van der Waals surface area (Å²) in [4.78, 5) is 0.431. The number of para-hydroxylation sites is 1. The van der Waals surface area contributed by atoms with Crippen LogP contribution in [0.5, 0.6) is 5.75 Å². The minimum atomic E-state index is -2.50. The van der Waals surface area contributed by atoms with E-state index in [-0.39, 0.29) is 17.3 Å². The molecule has 2 nitrogen and oxygen atoms in total. The number of anilines is 1. The Morgan fingerprint density at radius 2 is 1.90 bits per heavy atom. The summed E-state index contributed by atoms with van der Waals surface area (Å²) in [5.41, 5.74) is 1.04. The lowest BCUT2D eigenvalue weighted by atomic mass is 10.2. The fourth-order valence-electron chi connectivity index (χ4n) is 1.76. The number of nitrogens with one attached hydrogen (secondary N) is 1. The molecule has 21 heavy (non-hydrogen) atoms. The van der Waals surface area contributed by atoms with Gasteiger partial charge in [-0.3, -0.25) is 0 Å². The van der Waals surface area contributed by atoms with Crippen molar-refractivity contribution in [1.82, 2.24) is 0 Å². The molecule has 0 bridgehead atoms. The molecule has 2 aromatic carbocycles. The topological polar surface area (TPSA) is 32.3 Å². The Morgan fingerprint density at radius 1 is 1.19 bits per heavy atom. The van der Waals surface area contributed by atoms with Crippen LogP contribution in [0.4, 0.5) is 14.5 Å². The van der Waals surface area contributed by atoms with Gasteiger partial charge in [-0.05, 0) is 24.3 Å². The molecule has 0 amide bonds. The Balaban J connectivity index is 2.17. The van der Waals surface area contributed by atoms with Gasteiger partial charge in [-0.2, -0.15) is 8.78 Å². The van der Waals surface area contributed by atoms with Gasteiger partial charge in [0.25, 0.3) is 5.76 Å². The van der Waals surface area contributed by atoms with Gasteiger partial charge in [0.2, 0.25) is 0 Å². The Labute approximate surface area is 135 Å². The molecule has 0 unspecified atom stereocenters. The average Bonchev–Trinajstić information content (AvgIpc) is 2.42. The van der Waals surface area contributed by atoms with Crippen LogP contribution in [0, 0.1) is 0 Å². The van der Waals surface area contributed by atoms with Crippen molar-refractivity contribution in [3.8, 4) is 5.75 Å². The van der Waals surface area contributed by atoms with E-state index in [1.807, 2.05) is 0 Å². The first-order valence-electron chi connectivity index (χ1n) is 5.92. The van der Waals surface area contributed by atoms with Crippen molar-refractivity contribution < 1.29 is 13.9 Å². The first kappa shape index (κ1) is 16.2. The molecule has 0 aliphatic carbocycles. The summed E-state index contributed by atoms with van der Waals surface area (Å²) in [6.45, 7) is 0.215. The quantitative estimate of drug-likeness (QED) is 0.686. The zero-order valence-electron chi connectivity index (χ0n) is 10.6. The molecule has 7 heteroatoms. The van der Waals surface area contributed by atoms with Crippen LogP contribution in [0.25, 0.3) is 0 Å². The first-order chi connectivity index (χ1) is 9.97. The molecule has 0 aromatic heterocycles. The van der Waals surface area contributed by atoms with Crippen molar-refractivity contribution in [1.29, 1.82) is 0 Å². The third-order valence-corrected chi connectivity index (χ3v) is 3.97. The number of hydrogen-bond acceptors (Lipinski definition) is 3. The van der Waals surface area contributed by atoms with Crippen molar-refractivity contribution in [2.45, 2.75) is 17.2 Å². The van der Waals surface area contributed by atoms with Crippen LogP contribution in [0.1, 0.15) is 5.56 Å². The normalized spacial score (nSPS) is 10.9. The van der Waals surface area contributed by atoms with Crippen molar-refractivity contribution >= 4 is 40.7 Å². The molecule has 2 rings (SSSR count). The van der Waals surface area contributed by atoms with Gasteiger partial charge in [-0.1, -0.05) is 47.1 Å². The molecule has 0 heterocycles. The van der Waals surface area contributed by atoms with Gasteiger partial charge in [0, 0.05) is 27.7 Å². The number of aromatic hydroxyl groups is 1. The third-order valence-electron chi connectivity index (χ3n) is 2.68. The molecule has 0 spiro atoms. The fourth-order valence-corrected chi connectivity index (χ4v) is 2.91. The maximum atomic E-state index is 12.5. The van der Waals surface area contributed by atoms with Crippen LogP contribution in [0.15, 0.2) is 41.3 Å². The third kappa shape index (κ3) is 4.40. The highest BCUT2D eigenvalue weighted by Crippen LogP contribution is 2.34. The van der Waals surface area contributed by atoms with E-state index in [9.17, 15) is 13.9 Å². The fraction of sp³-hybridized carbons (Fsp3) is 0.143. The molecule has 0 aliphatic rings. The summed E-state index contributed by atoms with van der Waals surface area (Å²) in [5, 5.41) is 13.4. The number of phenolic OH excluding ortho intramolecular Hbond substituents is 1. The zero-order chi connectivity index (χ0) is 15.4. The number of hydrogen-bond donors (Lipinski definition) is 2. The van der Waals surface area contributed by atoms with Gasteiger partial charge in [0.1, 0.15) is 5.75 Å². The van der Waals surface area contributed by atoms with Gasteiger partial charge < -0.3 is 10.4 Å². The highest BCUT2D eigenvalue weighted by Gasteiger charge is 2.11. The molecule has 0 saturated carbocycles. The van der Waals surface area contributed by atoms with Gasteiger partial charge in [-0.25, -0.2) is 0 Å². The molecule has 0 atom stereocenters. The summed E-state index contributed by atoms with van der Waals surface area (Å²) < 4.78 is 25.0. The number of halogens is 4. The second-order valence-corrected chi connectivity index (χ2v) is 6.00. The second-order valence-electron chi connectivity index (χ2n) is 4.12. The smallest absolute Gasteiger partial charge is 0.288 e. The highest BCUT2D eigenvalue weighted by molar-refractivity contribution is 7.99. The lowest BCUT2D eigenvalue weighted by Gasteiger charge is -2.13. The summed E-state index contributed by atoms with van der Waals surface area (Å²) in [6, 6.07) is 9.71. The van der Waals surface area contributed by atoms with Crippen LogP contribution in [-0.2, 0) is 6.54 Å². The van der Waals surface area contributed by atoms with Crippen LogP contribution in [-0.4, -0.2) is 10.9 Å². The van der Waals surface area contributed by atoms with E-state index >= 15 is 0 Å².